The minimum Gasteiger partial charge on any atom is -0.497 e. The largest absolute Gasteiger partial charge is 0.497 e. The molecule has 7 nitrogen and oxygen atoms in total. The molecule has 0 fully saturated rings. The normalized spacial score (nSPS) is 10.6. The highest BCUT2D eigenvalue weighted by molar-refractivity contribution is 6.31. The summed E-state index contributed by atoms with van der Waals surface area (Å²) in [6.45, 7) is 0.0552. The number of carbonyl (C=O) groups excluding carboxylic acids is 1. The summed E-state index contributed by atoms with van der Waals surface area (Å²) in [7, 11) is 1.59. The maximum absolute atomic E-state index is 12.6. The second-order valence-corrected chi connectivity index (χ2v) is 7.09. The second kappa shape index (κ2) is 9.98. The van der Waals surface area contributed by atoms with Gasteiger partial charge in [0.05, 0.1) is 7.11 Å². The van der Waals surface area contributed by atoms with Gasteiger partial charge < -0.3 is 18.6 Å². The molecule has 0 spiro atoms. The third-order valence-electron chi connectivity index (χ3n) is 4.58. The Bertz CT molecular complexity index is 1210. The number of ether oxygens (including phenoxy) is 3. The van der Waals surface area contributed by atoms with Crippen LogP contribution in [0.4, 0.5) is 0 Å². The number of para-hydroxylation sites is 1. The fourth-order valence-corrected chi connectivity index (χ4v) is 3.09. The molecule has 162 valence electrons. The van der Waals surface area contributed by atoms with Gasteiger partial charge in [-0.25, -0.2) is 4.79 Å². The van der Waals surface area contributed by atoms with Crippen LogP contribution in [0.15, 0.2) is 77.2 Å². The first kappa shape index (κ1) is 21.4. The van der Waals surface area contributed by atoms with Crippen molar-refractivity contribution in [3.8, 4) is 23.0 Å². The van der Waals surface area contributed by atoms with E-state index in [0.29, 0.717) is 16.7 Å². The lowest BCUT2D eigenvalue weighted by Gasteiger charge is -2.11. The Morgan fingerprint density at radius 3 is 2.47 bits per heavy atom. The van der Waals surface area contributed by atoms with Gasteiger partial charge in [0.2, 0.25) is 5.89 Å². The van der Waals surface area contributed by atoms with Gasteiger partial charge in [-0.3, -0.25) is 0 Å². The van der Waals surface area contributed by atoms with Gasteiger partial charge in [0.15, 0.2) is 6.61 Å². The van der Waals surface area contributed by atoms with Gasteiger partial charge in [0.25, 0.3) is 5.89 Å². The lowest BCUT2D eigenvalue weighted by Crippen LogP contribution is -2.08. The third-order valence-corrected chi connectivity index (χ3v) is 4.95. The van der Waals surface area contributed by atoms with Crippen molar-refractivity contribution in [2.75, 3.05) is 7.11 Å². The van der Waals surface area contributed by atoms with E-state index in [1.165, 1.54) is 0 Å². The topological polar surface area (TPSA) is 83.7 Å². The number of rotatable bonds is 8. The van der Waals surface area contributed by atoms with Gasteiger partial charge in [-0.1, -0.05) is 41.9 Å². The summed E-state index contributed by atoms with van der Waals surface area (Å²) < 4.78 is 21.9. The Morgan fingerprint density at radius 1 is 0.938 bits per heavy atom. The van der Waals surface area contributed by atoms with E-state index >= 15 is 0 Å². The molecule has 4 rings (SSSR count). The molecule has 0 aliphatic carbocycles. The maximum atomic E-state index is 12.6. The lowest BCUT2D eigenvalue weighted by atomic mass is 10.2. The van der Waals surface area contributed by atoms with Crippen molar-refractivity contribution in [2.45, 2.75) is 13.2 Å². The first-order valence-corrected chi connectivity index (χ1v) is 10.1. The third kappa shape index (κ3) is 5.07. The fraction of sp³-hybridized carbons (Fsp3) is 0.125. The summed E-state index contributed by atoms with van der Waals surface area (Å²) in [6, 6.07) is 21.4. The van der Waals surface area contributed by atoms with Crippen molar-refractivity contribution in [2.24, 2.45) is 0 Å². The molecule has 0 atom stereocenters. The van der Waals surface area contributed by atoms with Gasteiger partial charge in [-0.2, -0.15) is 0 Å². The molecule has 0 saturated carbocycles. The van der Waals surface area contributed by atoms with Crippen LogP contribution >= 0.6 is 11.6 Å². The molecule has 0 N–H and O–H groups in total. The predicted octanol–water partition coefficient (Wildman–Crippen LogP) is 5.33. The summed E-state index contributed by atoms with van der Waals surface area (Å²) in [5.41, 5.74) is 1.83. The van der Waals surface area contributed by atoms with Gasteiger partial charge in [0.1, 0.15) is 23.7 Å². The Labute approximate surface area is 189 Å². The number of carbonyl (C=O) groups is 1. The highest BCUT2D eigenvalue weighted by Gasteiger charge is 2.16. The summed E-state index contributed by atoms with van der Waals surface area (Å²) >= 11 is 6.17. The quantitative estimate of drug-likeness (QED) is 0.335. The van der Waals surface area contributed by atoms with Crippen LogP contribution in [0, 0.1) is 0 Å². The summed E-state index contributed by atoms with van der Waals surface area (Å²) in [5.74, 6) is 1.05. The molecular formula is C24H19ClN2O5. The highest BCUT2D eigenvalue weighted by atomic mass is 35.5. The predicted molar refractivity (Wildman–Crippen MR) is 118 cm³/mol. The van der Waals surface area contributed by atoms with Gasteiger partial charge >= 0.3 is 5.97 Å². The average molecular weight is 451 g/mol. The molecule has 0 radical (unpaired) electrons. The zero-order valence-corrected chi connectivity index (χ0v) is 17.9. The number of aromatic nitrogens is 2. The van der Waals surface area contributed by atoms with Gasteiger partial charge in [0, 0.05) is 16.1 Å². The maximum Gasteiger partial charge on any atom is 0.342 e. The minimum absolute atomic E-state index is 0.166. The molecule has 0 unspecified atom stereocenters. The van der Waals surface area contributed by atoms with Crippen LogP contribution in [-0.2, 0) is 18.0 Å². The first-order valence-electron chi connectivity index (χ1n) is 9.73. The first-order chi connectivity index (χ1) is 15.6. The summed E-state index contributed by atoms with van der Waals surface area (Å²) in [6.07, 6.45) is 0. The molecule has 3 aromatic carbocycles. The monoisotopic (exact) mass is 450 g/mol. The van der Waals surface area contributed by atoms with Crippen LogP contribution in [0.1, 0.15) is 21.8 Å². The number of halogens is 1. The smallest absolute Gasteiger partial charge is 0.342 e. The van der Waals surface area contributed by atoms with E-state index in [-0.39, 0.29) is 24.7 Å². The average Bonchev–Trinajstić information content (AvgIpc) is 3.31. The van der Waals surface area contributed by atoms with Crippen molar-refractivity contribution < 1.29 is 23.4 Å². The van der Waals surface area contributed by atoms with E-state index < -0.39 is 5.97 Å². The number of methoxy groups -OCH3 is 1. The number of hydrogen-bond acceptors (Lipinski definition) is 7. The van der Waals surface area contributed by atoms with Crippen molar-refractivity contribution in [1.82, 2.24) is 10.2 Å². The molecule has 8 heteroatoms. The van der Waals surface area contributed by atoms with Crippen LogP contribution in [0.3, 0.4) is 0 Å². The standard InChI is InChI=1S/C24H19ClN2O5/c1-29-18-12-10-16(11-13-18)23-27-26-22(32-23)15-31-24(28)19-7-3-5-9-21(19)30-14-17-6-2-4-8-20(17)25/h2-13H,14-15H2,1H3. The van der Waals surface area contributed by atoms with Crippen LogP contribution < -0.4 is 9.47 Å². The SMILES string of the molecule is COc1ccc(-c2nnc(COC(=O)c3ccccc3OCc3ccccc3Cl)o2)cc1. The molecule has 0 aliphatic rings. The molecule has 1 aromatic heterocycles. The Morgan fingerprint density at radius 2 is 1.69 bits per heavy atom. The zero-order chi connectivity index (χ0) is 22.3. The van der Waals surface area contributed by atoms with Crippen LogP contribution in [0.25, 0.3) is 11.5 Å². The molecule has 1 heterocycles. The fourth-order valence-electron chi connectivity index (χ4n) is 2.90. The highest BCUT2D eigenvalue weighted by Crippen LogP contribution is 2.24. The van der Waals surface area contributed by atoms with Crippen molar-refractivity contribution >= 4 is 17.6 Å². The second-order valence-electron chi connectivity index (χ2n) is 6.68. The minimum atomic E-state index is -0.566. The molecule has 0 aliphatic heterocycles. The van der Waals surface area contributed by atoms with Crippen molar-refractivity contribution in [1.29, 1.82) is 0 Å². The van der Waals surface area contributed by atoms with E-state index in [1.807, 2.05) is 18.2 Å². The van der Waals surface area contributed by atoms with Crippen LogP contribution in [-0.4, -0.2) is 23.3 Å². The lowest BCUT2D eigenvalue weighted by molar-refractivity contribution is 0.0433. The molecule has 0 amide bonds. The van der Waals surface area contributed by atoms with Gasteiger partial charge in [-0.15, -0.1) is 10.2 Å². The van der Waals surface area contributed by atoms with Crippen molar-refractivity contribution in [3.05, 3.63) is 94.8 Å². The van der Waals surface area contributed by atoms with Crippen LogP contribution in [0.5, 0.6) is 11.5 Å². The van der Waals surface area contributed by atoms with E-state index in [9.17, 15) is 4.79 Å². The Kier molecular flexibility index (Phi) is 6.67. The molecule has 32 heavy (non-hydrogen) atoms. The molecule has 0 saturated heterocycles. The summed E-state index contributed by atoms with van der Waals surface area (Å²) in [5, 5.41) is 8.53. The summed E-state index contributed by atoms with van der Waals surface area (Å²) in [4.78, 5) is 12.6. The Hall–Kier alpha value is -3.84. The Balaban J connectivity index is 1.39. The van der Waals surface area contributed by atoms with E-state index in [2.05, 4.69) is 10.2 Å². The zero-order valence-electron chi connectivity index (χ0n) is 17.2. The number of esters is 1. The van der Waals surface area contributed by atoms with Crippen LogP contribution in [0.2, 0.25) is 5.02 Å². The van der Waals surface area contributed by atoms with Gasteiger partial charge in [-0.05, 0) is 42.5 Å². The molecular weight excluding hydrogens is 432 g/mol. The molecule has 4 aromatic rings. The molecule has 0 bridgehead atoms. The van der Waals surface area contributed by atoms with E-state index in [0.717, 1.165) is 16.9 Å². The van der Waals surface area contributed by atoms with Crippen molar-refractivity contribution in [3.63, 3.8) is 0 Å². The van der Waals surface area contributed by atoms with E-state index in [4.69, 9.17) is 30.2 Å². The number of benzene rings is 3. The number of hydrogen-bond donors (Lipinski definition) is 0. The van der Waals surface area contributed by atoms with E-state index in [1.54, 1.807) is 61.7 Å². The number of nitrogens with zero attached hydrogens (tertiary/aromatic N) is 2.